The van der Waals surface area contributed by atoms with Crippen molar-refractivity contribution < 1.29 is 4.74 Å². The van der Waals surface area contributed by atoms with Crippen LogP contribution in [0, 0.1) is 6.92 Å². The summed E-state index contributed by atoms with van der Waals surface area (Å²) in [5, 5.41) is 7.73. The summed E-state index contributed by atoms with van der Waals surface area (Å²) in [7, 11) is 0. The van der Waals surface area contributed by atoms with E-state index in [0.717, 1.165) is 55.5 Å². The Morgan fingerprint density at radius 1 is 1.10 bits per heavy atom. The van der Waals surface area contributed by atoms with Crippen molar-refractivity contribution in [2.45, 2.75) is 23.3 Å². The minimum Gasteiger partial charge on any atom is -0.384 e. The van der Waals surface area contributed by atoms with E-state index in [1.807, 2.05) is 6.20 Å². The van der Waals surface area contributed by atoms with Crippen LogP contribution in [0.4, 0.5) is 23.0 Å². The fourth-order valence-electron chi connectivity index (χ4n) is 3.75. The summed E-state index contributed by atoms with van der Waals surface area (Å²) in [5.41, 5.74) is 5.91. The second-order valence-electron chi connectivity index (χ2n) is 7.55. The van der Waals surface area contributed by atoms with E-state index in [0.29, 0.717) is 5.95 Å². The first-order valence-corrected chi connectivity index (χ1v) is 11.1. The van der Waals surface area contributed by atoms with Gasteiger partial charge in [0.2, 0.25) is 5.95 Å². The standard InChI is InChI=1S/C23H25N5OS/c1-16-15-25-23(26-18-2-4-19(5-3-18)28-10-12-29-13-11-28)27-22(16)30-20-6-7-21-17(14-20)8-9-24-21/h2-7,14-15,24H,8-13H2,1H3,(H,25,26,27). The molecule has 0 unspecified atom stereocenters. The predicted molar refractivity (Wildman–Crippen MR) is 122 cm³/mol. The van der Waals surface area contributed by atoms with Gasteiger partial charge in [0, 0.05) is 53.4 Å². The van der Waals surface area contributed by atoms with Gasteiger partial charge < -0.3 is 20.3 Å². The number of nitrogens with zero attached hydrogens (tertiary/aromatic N) is 3. The normalized spacial score (nSPS) is 15.6. The Morgan fingerprint density at radius 3 is 2.77 bits per heavy atom. The molecule has 3 heterocycles. The van der Waals surface area contributed by atoms with Crippen LogP contribution in [0.2, 0.25) is 0 Å². The number of fused-ring (bicyclic) bond motifs is 1. The lowest BCUT2D eigenvalue weighted by molar-refractivity contribution is 0.122. The minimum atomic E-state index is 0.616. The first-order valence-electron chi connectivity index (χ1n) is 10.3. The van der Waals surface area contributed by atoms with Gasteiger partial charge in [-0.25, -0.2) is 9.97 Å². The number of rotatable bonds is 5. The number of ether oxygens (including phenoxy) is 1. The van der Waals surface area contributed by atoms with E-state index in [1.165, 1.54) is 21.8 Å². The van der Waals surface area contributed by atoms with Crippen LogP contribution in [0.25, 0.3) is 0 Å². The zero-order valence-corrected chi connectivity index (χ0v) is 17.8. The molecule has 0 amide bonds. The van der Waals surface area contributed by atoms with E-state index in [-0.39, 0.29) is 0 Å². The Hall–Kier alpha value is -2.77. The van der Waals surface area contributed by atoms with E-state index in [4.69, 9.17) is 9.72 Å². The lowest BCUT2D eigenvalue weighted by atomic mass is 10.2. The highest BCUT2D eigenvalue weighted by molar-refractivity contribution is 7.99. The van der Waals surface area contributed by atoms with Crippen molar-refractivity contribution in [3.05, 3.63) is 59.8 Å². The second kappa shape index (κ2) is 8.53. The van der Waals surface area contributed by atoms with Gasteiger partial charge in [-0.3, -0.25) is 0 Å². The third-order valence-corrected chi connectivity index (χ3v) is 6.52. The third kappa shape index (κ3) is 4.22. The zero-order valence-electron chi connectivity index (χ0n) is 17.0. The summed E-state index contributed by atoms with van der Waals surface area (Å²) in [4.78, 5) is 12.8. The molecule has 5 rings (SSSR count). The van der Waals surface area contributed by atoms with Gasteiger partial charge in [-0.1, -0.05) is 11.8 Å². The summed E-state index contributed by atoms with van der Waals surface area (Å²) < 4.78 is 5.43. The predicted octanol–water partition coefficient (Wildman–Crippen LogP) is 4.48. The molecule has 0 spiro atoms. The van der Waals surface area contributed by atoms with Gasteiger partial charge >= 0.3 is 0 Å². The van der Waals surface area contributed by atoms with Crippen LogP contribution >= 0.6 is 11.8 Å². The highest BCUT2D eigenvalue weighted by Crippen LogP contribution is 2.33. The van der Waals surface area contributed by atoms with Crippen LogP contribution in [0.5, 0.6) is 0 Å². The maximum Gasteiger partial charge on any atom is 0.228 e. The van der Waals surface area contributed by atoms with Crippen molar-refractivity contribution in [1.29, 1.82) is 0 Å². The molecule has 3 aromatic rings. The molecule has 0 atom stereocenters. The molecule has 2 aromatic carbocycles. The Morgan fingerprint density at radius 2 is 1.93 bits per heavy atom. The number of aryl methyl sites for hydroxylation is 1. The van der Waals surface area contributed by atoms with Crippen LogP contribution in [-0.4, -0.2) is 42.8 Å². The van der Waals surface area contributed by atoms with E-state index >= 15 is 0 Å². The zero-order chi connectivity index (χ0) is 20.3. The molecule has 154 valence electrons. The number of morpholine rings is 1. The molecular weight excluding hydrogens is 394 g/mol. The maximum absolute atomic E-state index is 5.43. The summed E-state index contributed by atoms with van der Waals surface area (Å²) in [6, 6.07) is 15.0. The Kier molecular flexibility index (Phi) is 5.46. The molecular formula is C23H25N5OS. The molecule has 0 radical (unpaired) electrons. The number of hydrogen-bond acceptors (Lipinski definition) is 7. The summed E-state index contributed by atoms with van der Waals surface area (Å²) >= 11 is 1.69. The van der Waals surface area contributed by atoms with Crippen molar-refractivity contribution >= 4 is 34.8 Å². The number of benzene rings is 2. The molecule has 1 fully saturated rings. The van der Waals surface area contributed by atoms with E-state index in [9.17, 15) is 0 Å². The summed E-state index contributed by atoms with van der Waals surface area (Å²) in [6.07, 6.45) is 2.97. The molecule has 0 saturated carbocycles. The SMILES string of the molecule is Cc1cnc(Nc2ccc(N3CCOCC3)cc2)nc1Sc1ccc2c(c1)CCN2. The van der Waals surface area contributed by atoms with Crippen molar-refractivity contribution in [2.24, 2.45) is 0 Å². The van der Waals surface area contributed by atoms with E-state index in [2.05, 4.69) is 69.9 Å². The van der Waals surface area contributed by atoms with Crippen LogP contribution in [0.15, 0.2) is 58.6 Å². The van der Waals surface area contributed by atoms with Crippen LogP contribution in [0.1, 0.15) is 11.1 Å². The number of hydrogen-bond donors (Lipinski definition) is 2. The molecule has 2 aliphatic rings. The van der Waals surface area contributed by atoms with Crippen LogP contribution in [-0.2, 0) is 11.2 Å². The molecule has 2 aliphatic heterocycles. The topological polar surface area (TPSA) is 62.3 Å². The van der Waals surface area contributed by atoms with Crippen LogP contribution in [0.3, 0.4) is 0 Å². The number of aromatic nitrogens is 2. The van der Waals surface area contributed by atoms with Crippen molar-refractivity contribution in [3.8, 4) is 0 Å². The monoisotopic (exact) mass is 419 g/mol. The maximum atomic E-state index is 5.43. The summed E-state index contributed by atoms with van der Waals surface area (Å²) in [5.74, 6) is 0.616. The molecule has 1 aromatic heterocycles. The first-order chi connectivity index (χ1) is 14.7. The van der Waals surface area contributed by atoms with Crippen LogP contribution < -0.4 is 15.5 Å². The molecule has 0 aliphatic carbocycles. The molecule has 1 saturated heterocycles. The van der Waals surface area contributed by atoms with Crippen molar-refractivity contribution in [3.63, 3.8) is 0 Å². The van der Waals surface area contributed by atoms with Gasteiger partial charge in [-0.05, 0) is 61.4 Å². The van der Waals surface area contributed by atoms with Gasteiger partial charge in [0.05, 0.1) is 13.2 Å². The van der Waals surface area contributed by atoms with Gasteiger partial charge in [0.15, 0.2) is 0 Å². The van der Waals surface area contributed by atoms with Gasteiger partial charge in [-0.2, -0.15) is 0 Å². The fourth-order valence-corrected chi connectivity index (χ4v) is 4.66. The van der Waals surface area contributed by atoms with Gasteiger partial charge in [-0.15, -0.1) is 0 Å². The molecule has 7 heteroatoms. The second-order valence-corrected chi connectivity index (χ2v) is 8.61. The number of nitrogens with one attached hydrogen (secondary N) is 2. The molecule has 2 N–H and O–H groups in total. The highest BCUT2D eigenvalue weighted by Gasteiger charge is 2.13. The smallest absolute Gasteiger partial charge is 0.228 e. The van der Waals surface area contributed by atoms with Gasteiger partial charge in [0.1, 0.15) is 5.03 Å². The lowest BCUT2D eigenvalue weighted by Gasteiger charge is -2.28. The minimum absolute atomic E-state index is 0.616. The summed E-state index contributed by atoms with van der Waals surface area (Å²) in [6.45, 7) is 6.53. The largest absolute Gasteiger partial charge is 0.384 e. The Labute approximate surface area is 181 Å². The Bertz CT molecular complexity index is 1030. The van der Waals surface area contributed by atoms with E-state index in [1.54, 1.807) is 11.8 Å². The van der Waals surface area contributed by atoms with Crippen molar-refractivity contribution in [2.75, 3.05) is 48.4 Å². The van der Waals surface area contributed by atoms with E-state index < -0.39 is 0 Å². The highest BCUT2D eigenvalue weighted by atomic mass is 32.2. The van der Waals surface area contributed by atoms with Crippen molar-refractivity contribution in [1.82, 2.24) is 9.97 Å². The molecule has 6 nitrogen and oxygen atoms in total. The molecule has 0 bridgehead atoms. The Balaban J connectivity index is 1.29. The van der Waals surface area contributed by atoms with Gasteiger partial charge in [0.25, 0.3) is 0 Å². The lowest BCUT2D eigenvalue weighted by Crippen LogP contribution is -2.36. The number of anilines is 4. The first kappa shape index (κ1) is 19.2. The third-order valence-electron chi connectivity index (χ3n) is 5.43. The fraction of sp³-hybridized carbons (Fsp3) is 0.304. The molecule has 30 heavy (non-hydrogen) atoms. The average Bonchev–Trinajstić information content (AvgIpc) is 3.25. The average molecular weight is 420 g/mol. The quantitative estimate of drug-likeness (QED) is 0.591.